The van der Waals surface area contributed by atoms with Crippen molar-refractivity contribution in [1.82, 2.24) is 0 Å². The highest BCUT2D eigenvalue weighted by Gasteiger charge is 2.36. The van der Waals surface area contributed by atoms with E-state index in [9.17, 15) is 15.0 Å². The molecule has 0 spiro atoms. The highest BCUT2D eigenvalue weighted by molar-refractivity contribution is 5.82. The molecule has 0 radical (unpaired) electrons. The van der Waals surface area contributed by atoms with Gasteiger partial charge in [-0.2, -0.15) is 0 Å². The minimum Gasteiger partial charge on any atom is -0.507 e. The summed E-state index contributed by atoms with van der Waals surface area (Å²) in [6.07, 6.45) is 0. The Labute approximate surface area is 180 Å². The van der Waals surface area contributed by atoms with Gasteiger partial charge in [-0.15, -0.1) is 0 Å². The topological polar surface area (TPSA) is 138 Å². The standard InChI is InChI=1S/C18H28O3.C5H12O4/c1-16(2,3)11-9-12(17(4,5)6)14(19)13(10-11)18(7,8)15(20)21;6-1-5(2-7,3-8)4-9/h9-10,19H,1-8H3,(H,20,21);6-9H,1-4H2. The zero-order valence-corrected chi connectivity index (χ0v) is 19.6. The zero-order valence-electron chi connectivity index (χ0n) is 19.6. The molecule has 7 heteroatoms. The van der Waals surface area contributed by atoms with Crippen LogP contribution in [0.15, 0.2) is 12.1 Å². The molecule has 0 saturated heterocycles. The van der Waals surface area contributed by atoms with Gasteiger partial charge >= 0.3 is 5.97 Å². The summed E-state index contributed by atoms with van der Waals surface area (Å²) in [6, 6.07) is 3.83. The maximum absolute atomic E-state index is 11.6. The van der Waals surface area contributed by atoms with Gasteiger partial charge in [0.05, 0.1) is 37.3 Å². The fourth-order valence-electron chi connectivity index (χ4n) is 2.53. The van der Waals surface area contributed by atoms with Crippen molar-refractivity contribution in [2.75, 3.05) is 26.4 Å². The van der Waals surface area contributed by atoms with Crippen molar-refractivity contribution in [3.63, 3.8) is 0 Å². The maximum atomic E-state index is 11.6. The van der Waals surface area contributed by atoms with Crippen molar-refractivity contribution >= 4 is 5.97 Å². The first-order valence-corrected chi connectivity index (χ1v) is 9.99. The zero-order chi connectivity index (χ0) is 24.1. The third kappa shape index (κ3) is 6.67. The summed E-state index contributed by atoms with van der Waals surface area (Å²) < 4.78 is 0. The summed E-state index contributed by atoms with van der Waals surface area (Å²) in [5.41, 5.74) is -0.307. The van der Waals surface area contributed by atoms with Gasteiger partial charge in [-0.3, -0.25) is 4.79 Å². The van der Waals surface area contributed by atoms with Crippen molar-refractivity contribution in [3.8, 4) is 5.75 Å². The number of phenols is 1. The lowest BCUT2D eigenvalue weighted by Crippen LogP contribution is -2.37. The van der Waals surface area contributed by atoms with Crippen LogP contribution in [0.4, 0.5) is 0 Å². The van der Waals surface area contributed by atoms with Gasteiger partial charge in [0.15, 0.2) is 0 Å². The summed E-state index contributed by atoms with van der Waals surface area (Å²) in [7, 11) is 0. The molecule has 6 N–H and O–H groups in total. The molecule has 7 nitrogen and oxygen atoms in total. The molecule has 1 aromatic carbocycles. The first-order chi connectivity index (χ1) is 13.4. The second-order valence-electron chi connectivity index (χ2n) is 10.5. The van der Waals surface area contributed by atoms with Crippen LogP contribution in [0.2, 0.25) is 0 Å². The number of aliphatic carboxylic acids is 1. The summed E-state index contributed by atoms with van der Waals surface area (Å²) in [4.78, 5) is 11.6. The molecule has 0 unspecified atom stereocenters. The number of phenolic OH excluding ortho intramolecular Hbond substituents is 1. The van der Waals surface area contributed by atoms with E-state index >= 15 is 0 Å². The van der Waals surface area contributed by atoms with Crippen molar-refractivity contribution in [1.29, 1.82) is 0 Å². The Bertz CT molecular complexity index is 688. The van der Waals surface area contributed by atoms with E-state index in [0.717, 1.165) is 11.1 Å². The van der Waals surface area contributed by atoms with Crippen LogP contribution in [0.5, 0.6) is 5.75 Å². The van der Waals surface area contributed by atoms with Crippen molar-refractivity contribution in [2.24, 2.45) is 5.41 Å². The Morgan fingerprint density at radius 2 is 1.10 bits per heavy atom. The SMILES string of the molecule is CC(C)(C)c1cc(C(C)(C)C)c(O)c(C(C)(C)C(=O)O)c1.OCC(CO)(CO)CO. The molecule has 174 valence electrons. The average Bonchev–Trinajstić information content (AvgIpc) is 2.62. The smallest absolute Gasteiger partial charge is 0.313 e. The number of rotatable bonds is 6. The van der Waals surface area contributed by atoms with E-state index in [4.69, 9.17) is 20.4 Å². The second-order valence-corrected chi connectivity index (χ2v) is 10.5. The van der Waals surface area contributed by atoms with Crippen LogP contribution < -0.4 is 0 Å². The molecule has 0 aliphatic heterocycles. The number of hydrogen-bond acceptors (Lipinski definition) is 6. The molecule has 0 heterocycles. The van der Waals surface area contributed by atoms with E-state index in [-0.39, 0.29) is 16.6 Å². The summed E-state index contributed by atoms with van der Waals surface area (Å²) in [5.74, 6) is -0.841. The number of hydrogen-bond donors (Lipinski definition) is 6. The van der Waals surface area contributed by atoms with E-state index in [1.165, 1.54) is 0 Å². The molecule has 0 aliphatic rings. The van der Waals surface area contributed by atoms with Crippen LogP contribution >= 0.6 is 0 Å². The fourth-order valence-corrected chi connectivity index (χ4v) is 2.53. The Kier molecular flexibility index (Phi) is 9.53. The Morgan fingerprint density at radius 3 is 1.33 bits per heavy atom. The van der Waals surface area contributed by atoms with Gasteiger partial charge in [-0.25, -0.2) is 0 Å². The average molecular weight is 429 g/mol. The number of carbonyl (C=O) groups is 1. The van der Waals surface area contributed by atoms with Crippen molar-refractivity contribution in [2.45, 2.75) is 71.6 Å². The first-order valence-electron chi connectivity index (χ1n) is 9.99. The number of carboxylic acids is 1. The van der Waals surface area contributed by atoms with Gasteiger partial charge in [-0.1, -0.05) is 53.7 Å². The Morgan fingerprint density at radius 1 is 0.733 bits per heavy atom. The molecule has 1 rings (SSSR count). The Balaban J connectivity index is 0.000000787. The van der Waals surface area contributed by atoms with Gasteiger partial charge in [0.2, 0.25) is 0 Å². The van der Waals surface area contributed by atoms with E-state index in [1.807, 2.05) is 32.9 Å². The lowest BCUT2D eigenvalue weighted by atomic mass is 9.74. The van der Waals surface area contributed by atoms with Gasteiger partial charge in [-0.05, 0) is 35.8 Å². The predicted molar refractivity (Wildman–Crippen MR) is 117 cm³/mol. The normalized spacial score (nSPS) is 12.9. The molecule has 0 fully saturated rings. The minimum atomic E-state index is -1.13. The third-order valence-electron chi connectivity index (χ3n) is 5.33. The van der Waals surface area contributed by atoms with Gasteiger partial charge in [0.1, 0.15) is 5.75 Å². The van der Waals surface area contributed by atoms with Gasteiger partial charge in [0.25, 0.3) is 0 Å². The molecule has 1 aromatic rings. The second kappa shape index (κ2) is 10.1. The molecule has 0 aromatic heterocycles. The van der Waals surface area contributed by atoms with Crippen LogP contribution in [0.3, 0.4) is 0 Å². The van der Waals surface area contributed by atoms with Gasteiger partial charge in [0, 0.05) is 5.56 Å². The van der Waals surface area contributed by atoms with Crippen molar-refractivity contribution < 1.29 is 35.4 Å². The van der Waals surface area contributed by atoms with Crippen LogP contribution in [-0.2, 0) is 21.0 Å². The van der Waals surface area contributed by atoms with E-state index < -0.39 is 43.2 Å². The van der Waals surface area contributed by atoms with E-state index in [2.05, 4.69) is 20.8 Å². The molecular weight excluding hydrogens is 388 g/mol. The first kappa shape index (κ1) is 28.3. The number of aromatic hydroxyl groups is 1. The molecular formula is C23H40O7. The van der Waals surface area contributed by atoms with E-state index in [1.54, 1.807) is 13.8 Å². The summed E-state index contributed by atoms with van der Waals surface area (Å²) in [6.45, 7) is 14.0. The van der Waals surface area contributed by atoms with Crippen LogP contribution in [0, 0.1) is 5.41 Å². The number of carboxylic acid groups (broad SMARTS) is 1. The predicted octanol–water partition coefficient (Wildman–Crippen LogP) is 2.29. The summed E-state index contributed by atoms with van der Waals surface area (Å²) >= 11 is 0. The molecule has 30 heavy (non-hydrogen) atoms. The largest absolute Gasteiger partial charge is 0.507 e. The highest BCUT2D eigenvalue weighted by atomic mass is 16.4. The molecule has 0 saturated carbocycles. The van der Waals surface area contributed by atoms with Crippen LogP contribution in [0.1, 0.15) is 72.1 Å². The Hall–Kier alpha value is -1.67. The fraction of sp³-hybridized carbons (Fsp3) is 0.696. The van der Waals surface area contributed by atoms with E-state index in [0.29, 0.717) is 5.56 Å². The van der Waals surface area contributed by atoms with Crippen molar-refractivity contribution in [3.05, 3.63) is 28.8 Å². The molecule has 0 atom stereocenters. The third-order valence-corrected chi connectivity index (χ3v) is 5.33. The quantitative estimate of drug-likeness (QED) is 0.409. The van der Waals surface area contributed by atoms with Crippen LogP contribution in [0.25, 0.3) is 0 Å². The number of benzene rings is 1. The van der Waals surface area contributed by atoms with Crippen LogP contribution in [-0.4, -0.2) is 63.0 Å². The molecule has 0 amide bonds. The maximum Gasteiger partial charge on any atom is 0.313 e. The minimum absolute atomic E-state index is 0.0999. The lowest BCUT2D eigenvalue weighted by Gasteiger charge is -2.31. The molecule has 0 aliphatic carbocycles. The lowest BCUT2D eigenvalue weighted by molar-refractivity contribution is -0.142. The number of aliphatic hydroxyl groups excluding tert-OH is 4. The summed E-state index contributed by atoms with van der Waals surface area (Å²) in [5, 5.41) is 54.1. The molecule has 0 bridgehead atoms. The number of aliphatic hydroxyl groups is 4. The monoisotopic (exact) mass is 428 g/mol. The highest BCUT2D eigenvalue weighted by Crippen LogP contribution is 2.42. The van der Waals surface area contributed by atoms with Gasteiger partial charge < -0.3 is 30.6 Å².